The molecule has 0 aliphatic rings. The summed E-state index contributed by atoms with van der Waals surface area (Å²) in [6.45, 7) is 1.56. The third-order valence-corrected chi connectivity index (χ3v) is 2.52. The van der Waals surface area contributed by atoms with E-state index in [9.17, 15) is 4.79 Å². The van der Waals surface area contributed by atoms with E-state index in [-0.39, 0.29) is 0 Å². The van der Waals surface area contributed by atoms with Gasteiger partial charge in [0.25, 0.3) is 0 Å². The molecule has 0 spiro atoms. The zero-order chi connectivity index (χ0) is 11.4. The van der Waals surface area contributed by atoms with Gasteiger partial charge in [0.1, 0.15) is 5.75 Å². The number of carbonyl (C=O) groups is 1. The molecule has 0 aromatic heterocycles. The quantitative estimate of drug-likeness (QED) is 0.860. The summed E-state index contributed by atoms with van der Waals surface area (Å²) < 4.78 is 5.87. The van der Waals surface area contributed by atoms with Gasteiger partial charge >= 0.3 is 5.97 Å². The summed E-state index contributed by atoms with van der Waals surface area (Å²) in [5.74, 6) is -0.193. The lowest BCUT2D eigenvalue weighted by Crippen LogP contribution is -1.95. The maximum atomic E-state index is 10.6. The van der Waals surface area contributed by atoms with Gasteiger partial charge < -0.3 is 9.84 Å². The first-order valence-electron chi connectivity index (χ1n) is 4.29. The molecule has 15 heavy (non-hydrogen) atoms. The predicted molar refractivity (Wildman–Crippen MR) is 62.0 cm³/mol. The van der Waals surface area contributed by atoms with Gasteiger partial charge in [-0.05, 0) is 46.6 Å². The molecule has 0 amide bonds. The van der Waals surface area contributed by atoms with Gasteiger partial charge in [0.15, 0.2) is 0 Å². The van der Waals surface area contributed by atoms with E-state index >= 15 is 0 Å². The van der Waals surface area contributed by atoms with Crippen LogP contribution in [0.1, 0.15) is 12.5 Å². The minimum Gasteiger partial charge on any atom is -0.496 e. The Balaban J connectivity index is 3.03. The minimum absolute atomic E-state index is 0.298. The van der Waals surface area contributed by atoms with Crippen LogP contribution in [-0.2, 0) is 4.79 Å². The van der Waals surface area contributed by atoms with Gasteiger partial charge in [-0.15, -0.1) is 0 Å². The van der Waals surface area contributed by atoms with Crippen LogP contribution in [0.4, 0.5) is 0 Å². The summed E-state index contributed by atoms with van der Waals surface area (Å²) >= 11 is 3.33. The van der Waals surface area contributed by atoms with E-state index in [0.717, 1.165) is 15.8 Å². The van der Waals surface area contributed by atoms with Crippen LogP contribution in [-0.4, -0.2) is 18.2 Å². The molecule has 0 unspecified atom stereocenters. The van der Waals surface area contributed by atoms with Crippen molar-refractivity contribution in [1.82, 2.24) is 0 Å². The van der Waals surface area contributed by atoms with Crippen LogP contribution in [0.15, 0.2) is 28.2 Å². The Bertz CT molecular complexity index is 410. The Morgan fingerprint density at radius 3 is 2.67 bits per heavy atom. The van der Waals surface area contributed by atoms with Crippen LogP contribution >= 0.6 is 15.9 Å². The second kappa shape index (κ2) is 4.98. The molecule has 4 heteroatoms. The van der Waals surface area contributed by atoms with Crippen molar-refractivity contribution >= 4 is 28.0 Å². The Labute approximate surface area is 96.5 Å². The van der Waals surface area contributed by atoms with Crippen molar-refractivity contribution in [2.24, 2.45) is 0 Å². The third-order valence-electron chi connectivity index (χ3n) is 1.90. The fraction of sp³-hybridized carbons (Fsp3) is 0.182. The summed E-state index contributed by atoms with van der Waals surface area (Å²) in [6.07, 6.45) is 1.60. The molecule has 0 bridgehead atoms. The number of carboxylic acid groups (broad SMARTS) is 1. The molecule has 0 saturated carbocycles. The standard InChI is InChI=1S/C11H11BrO3/c1-7(11(13)14)5-8-3-4-10(15-2)9(12)6-8/h3-6H,1-2H3,(H,13,14)/b7-5+. The molecule has 1 N–H and O–H groups in total. The van der Waals surface area contributed by atoms with E-state index in [0.29, 0.717) is 5.57 Å². The first kappa shape index (κ1) is 11.8. The molecule has 0 aliphatic carbocycles. The van der Waals surface area contributed by atoms with E-state index in [1.807, 2.05) is 6.07 Å². The van der Waals surface area contributed by atoms with Crippen LogP contribution in [0.25, 0.3) is 6.08 Å². The highest BCUT2D eigenvalue weighted by Gasteiger charge is 2.02. The zero-order valence-electron chi connectivity index (χ0n) is 8.45. The lowest BCUT2D eigenvalue weighted by atomic mass is 10.1. The zero-order valence-corrected chi connectivity index (χ0v) is 10.0. The maximum Gasteiger partial charge on any atom is 0.331 e. The number of hydrogen-bond acceptors (Lipinski definition) is 2. The number of benzene rings is 1. The van der Waals surface area contributed by atoms with E-state index in [1.165, 1.54) is 0 Å². The fourth-order valence-corrected chi connectivity index (χ4v) is 1.64. The van der Waals surface area contributed by atoms with E-state index in [4.69, 9.17) is 9.84 Å². The Kier molecular flexibility index (Phi) is 3.91. The predicted octanol–water partition coefficient (Wildman–Crippen LogP) is 2.95. The molecule has 1 rings (SSSR count). The van der Waals surface area contributed by atoms with Gasteiger partial charge in [0.2, 0.25) is 0 Å². The summed E-state index contributed by atoms with van der Waals surface area (Å²) in [6, 6.07) is 5.40. The van der Waals surface area contributed by atoms with E-state index in [1.54, 1.807) is 32.2 Å². The Hall–Kier alpha value is -1.29. The van der Waals surface area contributed by atoms with Crippen molar-refractivity contribution in [2.75, 3.05) is 7.11 Å². The van der Waals surface area contributed by atoms with Crippen LogP contribution in [0.3, 0.4) is 0 Å². The molecule has 0 atom stereocenters. The number of halogens is 1. The number of hydrogen-bond donors (Lipinski definition) is 1. The Morgan fingerprint density at radius 1 is 1.53 bits per heavy atom. The molecule has 1 aromatic rings. The molecule has 0 fully saturated rings. The molecule has 0 radical (unpaired) electrons. The summed E-state index contributed by atoms with van der Waals surface area (Å²) in [5, 5.41) is 8.71. The molecule has 0 saturated heterocycles. The van der Waals surface area contributed by atoms with Crippen molar-refractivity contribution in [2.45, 2.75) is 6.92 Å². The van der Waals surface area contributed by atoms with Crippen molar-refractivity contribution in [3.8, 4) is 5.75 Å². The van der Waals surface area contributed by atoms with Gasteiger partial charge in [0, 0.05) is 5.57 Å². The Morgan fingerprint density at radius 2 is 2.20 bits per heavy atom. The van der Waals surface area contributed by atoms with Crippen LogP contribution in [0, 0.1) is 0 Å². The molecule has 3 nitrogen and oxygen atoms in total. The number of carboxylic acids is 1. The lowest BCUT2D eigenvalue weighted by Gasteiger charge is -2.03. The minimum atomic E-state index is -0.915. The SMILES string of the molecule is COc1ccc(/C=C(\C)C(=O)O)cc1Br. The lowest BCUT2D eigenvalue weighted by molar-refractivity contribution is -0.132. The van der Waals surface area contributed by atoms with Gasteiger partial charge in [-0.2, -0.15) is 0 Å². The number of rotatable bonds is 3. The third kappa shape index (κ3) is 3.09. The van der Waals surface area contributed by atoms with Crippen molar-refractivity contribution in [3.63, 3.8) is 0 Å². The topological polar surface area (TPSA) is 46.5 Å². The maximum absolute atomic E-state index is 10.6. The van der Waals surface area contributed by atoms with E-state index < -0.39 is 5.97 Å². The van der Waals surface area contributed by atoms with Gasteiger partial charge in [-0.25, -0.2) is 4.79 Å². The molecule has 80 valence electrons. The van der Waals surface area contributed by atoms with Crippen LogP contribution in [0.2, 0.25) is 0 Å². The first-order valence-corrected chi connectivity index (χ1v) is 5.09. The van der Waals surface area contributed by atoms with Crippen molar-refractivity contribution in [1.29, 1.82) is 0 Å². The molecular weight excluding hydrogens is 260 g/mol. The molecular formula is C11H11BrO3. The summed E-state index contributed by atoms with van der Waals surface area (Å²) in [7, 11) is 1.58. The van der Waals surface area contributed by atoms with Crippen LogP contribution in [0.5, 0.6) is 5.75 Å². The normalized spacial score (nSPS) is 11.3. The number of ether oxygens (including phenoxy) is 1. The van der Waals surface area contributed by atoms with Crippen LogP contribution < -0.4 is 4.74 Å². The van der Waals surface area contributed by atoms with E-state index in [2.05, 4.69) is 15.9 Å². The first-order chi connectivity index (χ1) is 7.04. The second-order valence-electron chi connectivity index (χ2n) is 3.03. The van der Waals surface area contributed by atoms with Gasteiger partial charge in [-0.1, -0.05) is 6.07 Å². The van der Waals surface area contributed by atoms with Crippen molar-refractivity contribution in [3.05, 3.63) is 33.8 Å². The number of aliphatic carboxylic acids is 1. The van der Waals surface area contributed by atoms with Gasteiger partial charge in [0.05, 0.1) is 11.6 Å². The molecule has 0 aliphatic heterocycles. The summed E-state index contributed by atoms with van der Waals surface area (Å²) in [5.41, 5.74) is 1.12. The molecule has 1 aromatic carbocycles. The second-order valence-corrected chi connectivity index (χ2v) is 3.88. The smallest absolute Gasteiger partial charge is 0.331 e. The largest absolute Gasteiger partial charge is 0.496 e. The average molecular weight is 271 g/mol. The highest BCUT2D eigenvalue weighted by Crippen LogP contribution is 2.26. The monoisotopic (exact) mass is 270 g/mol. The highest BCUT2D eigenvalue weighted by molar-refractivity contribution is 9.10. The molecule has 0 heterocycles. The average Bonchev–Trinajstić information content (AvgIpc) is 2.18. The highest BCUT2D eigenvalue weighted by atomic mass is 79.9. The summed E-state index contributed by atoms with van der Waals surface area (Å²) in [4.78, 5) is 10.6. The number of methoxy groups -OCH3 is 1. The fourth-order valence-electron chi connectivity index (χ4n) is 1.08. The van der Waals surface area contributed by atoms with Crippen molar-refractivity contribution < 1.29 is 14.6 Å². The van der Waals surface area contributed by atoms with Gasteiger partial charge in [-0.3, -0.25) is 0 Å².